The zero-order valence-electron chi connectivity index (χ0n) is 14.2. The number of carbonyl (C=O) groups excluding carboxylic acids is 1. The van der Waals surface area contributed by atoms with Gasteiger partial charge in [-0.3, -0.25) is 9.78 Å². The summed E-state index contributed by atoms with van der Waals surface area (Å²) in [6.07, 6.45) is 0.321. The molecule has 3 heterocycles. The van der Waals surface area contributed by atoms with Crippen molar-refractivity contribution in [2.45, 2.75) is 18.9 Å². The molecule has 0 aromatic carbocycles. The number of rotatable bonds is 3. The Labute approximate surface area is 162 Å². The molecule has 2 aromatic rings. The van der Waals surface area contributed by atoms with Crippen molar-refractivity contribution in [3.8, 4) is 11.8 Å². The monoisotopic (exact) mass is 409 g/mol. The second-order valence-electron chi connectivity index (χ2n) is 6.48. The smallest absolute Gasteiger partial charge is 0.242 e. The van der Waals surface area contributed by atoms with Gasteiger partial charge in [-0.1, -0.05) is 23.4 Å². The number of fused-ring (bicyclic) bond motifs is 1. The molecule has 0 bridgehead atoms. The van der Waals surface area contributed by atoms with Crippen LogP contribution >= 0.6 is 11.6 Å². The number of amides is 1. The lowest BCUT2D eigenvalue weighted by molar-refractivity contribution is -0.138. The largest absolute Gasteiger partial charge is 0.335 e. The van der Waals surface area contributed by atoms with E-state index in [2.05, 4.69) is 10.9 Å². The van der Waals surface area contributed by atoms with Crippen LogP contribution in [0.25, 0.3) is 16.6 Å². The molecule has 2 aromatic heterocycles. The van der Waals surface area contributed by atoms with Gasteiger partial charge in [0.25, 0.3) is 0 Å². The summed E-state index contributed by atoms with van der Waals surface area (Å²) < 4.78 is 55.0. The van der Waals surface area contributed by atoms with Crippen LogP contribution in [0.5, 0.6) is 0 Å². The summed E-state index contributed by atoms with van der Waals surface area (Å²) in [5, 5.41) is 0.295. The van der Waals surface area contributed by atoms with E-state index in [0.29, 0.717) is 21.6 Å². The van der Waals surface area contributed by atoms with Crippen LogP contribution in [0, 0.1) is 11.8 Å². The van der Waals surface area contributed by atoms with Crippen molar-refractivity contribution in [1.29, 1.82) is 0 Å². The van der Waals surface area contributed by atoms with Crippen LogP contribution in [0.15, 0.2) is 36.2 Å². The molecule has 1 amide bonds. The van der Waals surface area contributed by atoms with Crippen LogP contribution < -0.4 is 0 Å². The fourth-order valence-electron chi connectivity index (χ4n) is 2.99. The summed E-state index contributed by atoms with van der Waals surface area (Å²) in [7, 11) is 0. The van der Waals surface area contributed by atoms with Crippen molar-refractivity contribution in [3.05, 3.63) is 46.8 Å². The number of aromatic nitrogens is 2. The van der Waals surface area contributed by atoms with Gasteiger partial charge in [0.1, 0.15) is 18.2 Å². The van der Waals surface area contributed by atoms with Crippen molar-refractivity contribution >= 4 is 34.1 Å². The average Bonchev–Trinajstić information content (AvgIpc) is 2.89. The zero-order chi connectivity index (χ0) is 20.0. The molecule has 0 spiro atoms. The molecule has 144 valence electrons. The van der Waals surface area contributed by atoms with Gasteiger partial charge >= 0.3 is 0 Å². The van der Waals surface area contributed by atoms with E-state index >= 15 is 0 Å². The van der Waals surface area contributed by atoms with Gasteiger partial charge in [0.2, 0.25) is 12.1 Å². The van der Waals surface area contributed by atoms with Crippen LogP contribution in [0.3, 0.4) is 0 Å². The second-order valence-corrected chi connectivity index (χ2v) is 6.89. The SMILES string of the molecule is O=C(Cn1cc(Cl)c2ncc(C3=CC(F)=C(F)C(F)C#C3)cc21)N1CC(F)C1. The van der Waals surface area contributed by atoms with E-state index < -0.39 is 24.0 Å². The molecule has 1 aliphatic heterocycles. The first kappa shape index (κ1) is 18.6. The van der Waals surface area contributed by atoms with Crippen molar-refractivity contribution < 1.29 is 22.4 Å². The van der Waals surface area contributed by atoms with E-state index in [1.807, 2.05) is 5.92 Å². The Morgan fingerprint density at radius 1 is 1.32 bits per heavy atom. The minimum atomic E-state index is -2.34. The van der Waals surface area contributed by atoms with Crippen LogP contribution in [-0.2, 0) is 11.3 Å². The van der Waals surface area contributed by atoms with Gasteiger partial charge in [0, 0.05) is 23.5 Å². The molecule has 0 saturated carbocycles. The summed E-state index contributed by atoms with van der Waals surface area (Å²) in [5.41, 5.74) is 1.22. The molecule has 1 aliphatic carbocycles. The number of pyridine rings is 1. The van der Waals surface area contributed by atoms with Crippen LogP contribution in [0.1, 0.15) is 5.56 Å². The Morgan fingerprint density at radius 2 is 2.07 bits per heavy atom. The first-order valence-electron chi connectivity index (χ1n) is 8.32. The van der Waals surface area contributed by atoms with Gasteiger partial charge in [0.15, 0.2) is 11.7 Å². The maximum absolute atomic E-state index is 13.7. The predicted octanol–water partition coefficient (Wildman–Crippen LogP) is 3.76. The molecule has 1 fully saturated rings. The second kappa shape index (κ2) is 6.99. The number of hydrogen-bond acceptors (Lipinski definition) is 2. The maximum atomic E-state index is 13.7. The van der Waals surface area contributed by atoms with Gasteiger partial charge in [-0.05, 0) is 12.1 Å². The number of hydrogen-bond donors (Lipinski definition) is 0. The summed E-state index contributed by atoms with van der Waals surface area (Å²) >= 11 is 6.16. The molecule has 28 heavy (non-hydrogen) atoms. The number of allylic oxidation sites excluding steroid dienone is 4. The number of likely N-dealkylation sites (tertiary alicyclic amines) is 1. The van der Waals surface area contributed by atoms with Gasteiger partial charge in [0.05, 0.1) is 23.6 Å². The van der Waals surface area contributed by atoms with Gasteiger partial charge in [-0.15, -0.1) is 0 Å². The number of nitrogens with zero attached hydrogens (tertiary/aromatic N) is 3. The lowest BCUT2D eigenvalue weighted by Crippen LogP contribution is -2.52. The molecule has 9 heteroatoms. The van der Waals surface area contributed by atoms with E-state index in [1.165, 1.54) is 21.9 Å². The van der Waals surface area contributed by atoms with Crippen molar-refractivity contribution in [3.63, 3.8) is 0 Å². The number of halogens is 5. The molecular weight excluding hydrogens is 398 g/mol. The molecule has 2 aliphatic rings. The highest BCUT2D eigenvalue weighted by atomic mass is 35.5. The van der Waals surface area contributed by atoms with E-state index in [0.717, 1.165) is 6.08 Å². The molecule has 0 radical (unpaired) electrons. The lowest BCUT2D eigenvalue weighted by Gasteiger charge is -2.34. The molecule has 0 N–H and O–H groups in total. The first-order valence-corrected chi connectivity index (χ1v) is 8.70. The summed E-state index contributed by atoms with van der Waals surface area (Å²) in [6, 6.07) is 1.56. The molecule has 1 unspecified atom stereocenters. The summed E-state index contributed by atoms with van der Waals surface area (Å²) in [5.74, 6) is 1.18. The van der Waals surface area contributed by atoms with E-state index in [9.17, 15) is 22.4 Å². The highest BCUT2D eigenvalue weighted by molar-refractivity contribution is 6.35. The summed E-state index contributed by atoms with van der Waals surface area (Å²) in [4.78, 5) is 17.8. The Kier molecular flexibility index (Phi) is 4.63. The first-order chi connectivity index (χ1) is 13.3. The highest BCUT2D eigenvalue weighted by Gasteiger charge is 2.30. The minimum Gasteiger partial charge on any atom is -0.335 e. The van der Waals surface area contributed by atoms with Gasteiger partial charge in [-0.2, -0.15) is 0 Å². The van der Waals surface area contributed by atoms with Gasteiger partial charge < -0.3 is 9.47 Å². The van der Waals surface area contributed by atoms with Crippen molar-refractivity contribution in [2.24, 2.45) is 0 Å². The Hall–Kier alpha value is -2.79. The fraction of sp³-hybridized carbons (Fsp3) is 0.263. The number of alkyl halides is 2. The van der Waals surface area contributed by atoms with Crippen LogP contribution in [-0.4, -0.2) is 45.8 Å². The molecular formula is C19H12ClF4N3O. The average molecular weight is 410 g/mol. The quantitative estimate of drug-likeness (QED) is 0.572. The van der Waals surface area contributed by atoms with Crippen molar-refractivity contribution in [1.82, 2.24) is 14.5 Å². The minimum absolute atomic E-state index is 0.0420. The highest BCUT2D eigenvalue weighted by Crippen LogP contribution is 2.29. The Bertz CT molecular complexity index is 1110. The molecule has 4 nitrogen and oxygen atoms in total. The normalized spacial score (nSPS) is 19.8. The van der Waals surface area contributed by atoms with E-state index in [4.69, 9.17) is 11.6 Å². The lowest BCUT2D eigenvalue weighted by atomic mass is 10.1. The Morgan fingerprint density at radius 3 is 2.79 bits per heavy atom. The fourth-order valence-corrected chi connectivity index (χ4v) is 3.25. The van der Waals surface area contributed by atoms with Crippen LogP contribution in [0.2, 0.25) is 5.02 Å². The van der Waals surface area contributed by atoms with Crippen LogP contribution in [0.4, 0.5) is 17.6 Å². The zero-order valence-corrected chi connectivity index (χ0v) is 15.0. The Balaban J connectivity index is 1.71. The molecule has 4 rings (SSSR count). The van der Waals surface area contributed by atoms with Gasteiger partial charge in [-0.25, -0.2) is 17.6 Å². The topological polar surface area (TPSA) is 38.1 Å². The third kappa shape index (κ3) is 3.27. The standard InChI is InChI=1S/C19H12ClF4N3O/c20-13-8-26(9-17(28)27-6-12(21)7-27)16-4-11(5-25-19(13)16)10-1-2-14(22)18(24)15(23)3-10/h3-5,8,12,14H,6-7,9H2. The third-order valence-electron chi connectivity index (χ3n) is 4.53. The summed E-state index contributed by atoms with van der Waals surface area (Å²) in [6.45, 7) is 0.0277. The predicted molar refractivity (Wildman–Crippen MR) is 96.1 cm³/mol. The number of carbonyl (C=O) groups is 1. The maximum Gasteiger partial charge on any atom is 0.242 e. The molecule has 1 saturated heterocycles. The third-order valence-corrected chi connectivity index (χ3v) is 4.81. The molecule has 1 atom stereocenters. The van der Waals surface area contributed by atoms with E-state index in [-0.39, 0.29) is 31.1 Å². The van der Waals surface area contributed by atoms with Crippen molar-refractivity contribution in [2.75, 3.05) is 13.1 Å². The van der Waals surface area contributed by atoms with E-state index in [1.54, 1.807) is 6.07 Å².